The van der Waals surface area contributed by atoms with E-state index in [1.165, 1.54) is 0 Å². The van der Waals surface area contributed by atoms with Crippen LogP contribution >= 0.6 is 0 Å². The second-order valence-electron chi connectivity index (χ2n) is 3.00. The Bertz CT molecular complexity index is 332. The molecule has 72 valence electrons. The molecule has 0 amide bonds. The third kappa shape index (κ3) is 3.81. The topological polar surface area (TPSA) is 29.4 Å². The first-order valence-electron chi connectivity index (χ1n) is 4.53. The van der Waals surface area contributed by atoms with Crippen LogP contribution in [0.15, 0.2) is 65.4 Å². The monoisotopic (exact) mass is 187 g/mol. The van der Waals surface area contributed by atoms with Crippen LogP contribution in [0, 0.1) is 4.91 Å². The summed E-state index contributed by atoms with van der Waals surface area (Å²) in [6, 6.07) is 0. The highest BCUT2D eigenvalue weighted by Crippen LogP contribution is 2.08. The molecular weight excluding hydrogens is 174 g/mol. The Balaban J connectivity index is 2.73. The highest BCUT2D eigenvalue weighted by molar-refractivity contribution is 5.37. The summed E-state index contributed by atoms with van der Waals surface area (Å²) in [4.78, 5) is 9.98. The Morgan fingerprint density at radius 2 is 2.00 bits per heavy atom. The van der Waals surface area contributed by atoms with Gasteiger partial charge in [-0.2, -0.15) is 4.91 Å². The molecule has 0 N–H and O–H groups in total. The summed E-state index contributed by atoms with van der Waals surface area (Å²) in [7, 11) is 0. The van der Waals surface area contributed by atoms with Gasteiger partial charge in [-0.3, -0.25) is 0 Å². The normalized spacial score (nSPS) is 24.0. The number of rotatable bonds is 3. The van der Waals surface area contributed by atoms with Crippen LogP contribution in [0.4, 0.5) is 0 Å². The largest absolute Gasteiger partial charge is 0.151 e. The zero-order chi connectivity index (χ0) is 10.2. The summed E-state index contributed by atoms with van der Waals surface area (Å²) in [6.45, 7) is 4.18. The molecule has 0 bridgehead atoms. The van der Waals surface area contributed by atoms with Crippen molar-refractivity contribution in [1.82, 2.24) is 0 Å². The summed E-state index contributed by atoms with van der Waals surface area (Å²) in [5.74, 6) is 0. The number of allylic oxidation sites excluding steroid dienone is 8. The van der Waals surface area contributed by atoms with Gasteiger partial charge in [-0.25, -0.2) is 0 Å². The first-order chi connectivity index (χ1) is 6.83. The maximum Gasteiger partial charge on any atom is 0.0851 e. The molecule has 2 nitrogen and oxygen atoms in total. The van der Waals surface area contributed by atoms with E-state index in [9.17, 15) is 4.91 Å². The Labute approximate surface area is 84.0 Å². The molecule has 1 rings (SSSR count). The maximum atomic E-state index is 9.98. The van der Waals surface area contributed by atoms with Crippen LogP contribution in [0.2, 0.25) is 0 Å². The van der Waals surface area contributed by atoms with Gasteiger partial charge in [0.15, 0.2) is 0 Å². The van der Waals surface area contributed by atoms with Crippen molar-refractivity contribution < 1.29 is 0 Å². The number of hydrogen-bond acceptors (Lipinski definition) is 2. The summed E-state index contributed by atoms with van der Waals surface area (Å²) in [5, 5.41) is 2.84. The highest BCUT2D eigenvalue weighted by atomic mass is 16.3. The Hall–Kier alpha value is -1.70. The van der Waals surface area contributed by atoms with Crippen molar-refractivity contribution in [3.8, 4) is 0 Å². The van der Waals surface area contributed by atoms with Gasteiger partial charge < -0.3 is 0 Å². The smallest absolute Gasteiger partial charge is 0.0851 e. The number of nitrogens with zero attached hydrogens (tertiary/aromatic N) is 1. The first-order valence-corrected chi connectivity index (χ1v) is 4.53. The molecule has 2 heteroatoms. The lowest BCUT2D eigenvalue weighted by Crippen LogP contribution is -1.83. The predicted octanol–water partition coefficient (Wildman–Crippen LogP) is 3.31. The summed E-state index contributed by atoms with van der Waals surface area (Å²) in [6.07, 6.45) is 14.3. The minimum absolute atomic E-state index is 0.323. The zero-order valence-electron chi connectivity index (χ0n) is 8.02. The molecule has 0 aromatic rings. The van der Waals surface area contributed by atoms with E-state index >= 15 is 0 Å². The summed E-state index contributed by atoms with van der Waals surface area (Å²) < 4.78 is 0. The second-order valence-corrected chi connectivity index (χ2v) is 3.00. The van der Waals surface area contributed by atoms with Crippen molar-refractivity contribution in [2.75, 3.05) is 6.54 Å². The lowest BCUT2D eigenvalue weighted by molar-refractivity contribution is 0.965. The maximum absolute atomic E-state index is 9.98. The van der Waals surface area contributed by atoms with E-state index in [1.54, 1.807) is 0 Å². The van der Waals surface area contributed by atoms with Crippen molar-refractivity contribution in [1.29, 1.82) is 0 Å². The van der Waals surface area contributed by atoms with E-state index < -0.39 is 0 Å². The van der Waals surface area contributed by atoms with E-state index in [2.05, 4.69) is 11.8 Å². The number of nitroso groups, excluding NO2 is 1. The highest BCUT2D eigenvalue weighted by Gasteiger charge is 1.92. The fourth-order valence-corrected chi connectivity index (χ4v) is 1.09. The molecule has 0 spiro atoms. The Morgan fingerprint density at radius 1 is 1.14 bits per heavy atom. The molecule has 0 atom stereocenters. The average molecular weight is 187 g/mol. The van der Waals surface area contributed by atoms with Crippen LogP contribution in [-0.4, -0.2) is 6.54 Å². The SMILES string of the molecule is C=C1C=C\C=C/C=C(CCN=O)\C=C/1. The van der Waals surface area contributed by atoms with Gasteiger partial charge in [0, 0.05) is 0 Å². The second kappa shape index (κ2) is 5.86. The van der Waals surface area contributed by atoms with E-state index in [0.29, 0.717) is 13.0 Å². The molecule has 0 fully saturated rings. The van der Waals surface area contributed by atoms with Gasteiger partial charge in [-0.05, 0) is 17.6 Å². The van der Waals surface area contributed by atoms with Gasteiger partial charge in [-0.15, -0.1) is 0 Å². The predicted molar refractivity (Wildman–Crippen MR) is 59.9 cm³/mol. The van der Waals surface area contributed by atoms with E-state index in [1.807, 2.05) is 42.5 Å². The van der Waals surface area contributed by atoms with Gasteiger partial charge in [0.05, 0.1) is 6.54 Å². The van der Waals surface area contributed by atoms with E-state index in [0.717, 1.165) is 11.1 Å². The van der Waals surface area contributed by atoms with Gasteiger partial charge in [0.1, 0.15) is 0 Å². The molecule has 14 heavy (non-hydrogen) atoms. The third-order valence-electron chi connectivity index (χ3n) is 1.85. The first kappa shape index (κ1) is 10.4. The molecule has 0 aromatic heterocycles. The lowest BCUT2D eigenvalue weighted by atomic mass is 10.1. The molecule has 0 radical (unpaired) electrons. The average Bonchev–Trinajstić information content (AvgIpc) is 2.28. The molecule has 0 heterocycles. The molecule has 0 aliphatic heterocycles. The van der Waals surface area contributed by atoms with Crippen LogP contribution in [0.5, 0.6) is 0 Å². The van der Waals surface area contributed by atoms with Crippen molar-refractivity contribution >= 4 is 0 Å². The molecule has 1 aliphatic rings. The number of hydrogen-bond donors (Lipinski definition) is 0. The van der Waals surface area contributed by atoms with Crippen LogP contribution < -0.4 is 0 Å². The quantitative estimate of drug-likeness (QED) is 0.623. The van der Waals surface area contributed by atoms with Gasteiger partial charge >= 0.3 is 0 Å². The van der Waals surface area contributed by atoms with E-state index in [-0.39, 0.29) is 0 Å². The zero-order valence-corrected chi connectivity index (χ0v) is 8.02. The minimum atomic E-state index is 0.323. The Kier molecular flexibility index (Phi) is 4.35. The molecule has 0 aromatic carbocycles. The van der Waals surface area contributed by atoms with Crippen molar-refractivity contribution in [3.05, 3.63) is 65.2 Å². The van der Waals surface area contributed by atoms with Crippen LogP contribution in [-0.2, 0) is 0 Å². The molecule has 0 saturated carbocycles. The van der Waals surface area contributed by atoms with Crippen molar-refractivity contribution in [2.45, 2.75) is 6.42 Å². The lowest BCUT2D eigenvalue weighted by Gasteiger charge is -1.95. The Morgan fingerprint density at radius 3 is 2.79 bits per heavy atom. The fraction of sp³-hybridized carbons (Fsp3) is 0.167. The van der Waals surface area contributed by atoms with Gasteiger partial charge in [0.25, 0.3) is 0 Å². The van der Waals surface area contributed by atoms with Crippen LogP contribution in [0.1, 0.15) is 6.42 Å². The van der Waals surface area contributed by atoms with Crippen molar-refractivity contribution in [3.63, 3.8) is 0 Å². The van der Waals surface area contributed by atoms with Crippen LogP contribution in [0.25, 0.3) is 0 Å². The van der Waals surface area contributed by atoms with Crippen molar-refractivity contribution in [2.24, 2.45) is 5.18 Å². The van der Waals surface area contributed by atoms with Gasteiger partial charge in [0.2, 0.25) is 0 Å². The van der Waals surface area contributed by atoms with E-state index in [4.69, 9.17) is 0 Å². The molecule has 0 saturated heterocycles. The molecule has 0 unspecified atom stereocenters. The minimum Gasteiger partial charge on any atom is -0.151 e. The summed E-state index contributed by atoms with van der Waals surface area (Å²) in [5.41, 5.74) is 2.03. The van der Waals surface area contributed by atoms with Gasteiger partial charge in [-0.1, -0.05) is 54.3 Å². The fourth-order valence-electron chi connectivity index (χ4n) is 1.09. The third-order valence-corrected chi connectivity index (χ3v) is 1.85. The van der Waals surface area contributed by atoms with Crippen LogP contribution in [0.3, 0.4) is 0 Å². The molecule has 1 aliphatic carbocycles. The molecular formula is C12H13NO. The standard InChI is InChI=1S/C12H13NO/c1-11-5-3-2-4-6-12(8-7-11)9-10-13-14/h2-8H,1,9-10H2/b4-2-,5-3?,8-7-,12-6+. The summed E-state index contributed by atoms with van der Waals surface area (Å²) >= 11 is 0.